The molecule has 0 fully saturated rings. The zero-order chi connectivity index (χ0) is 29.1. The minimum absolute atomic E-state index is 0.254. The van der Waals surface area contributed by atoms with E-state index in [9.17, 15) is 9.59 Å². The number of nitrogens with zero attached hydrogens (tertiary/aromatic N) is 2. The Kier molecular flexibility index (Phi) is 8.41. The summed E-state index contributed by atoms with van der Waals surface area (Å²) in [5.74, 6) is 1.49. The van der Waals surface area contributed by atoms with Gasteiger partial charge >= 0.3 is 0 Å². The van der Waals surface area contributed by atoms with Crippen LogP contribution in [-0.4, -0.2) is 31.3 Å². The first kappa shape index (κ1) is 28.4. The number of fused-ring (bicyclic) bond motifs is 1. The Morgan fingerprint density at radius 1 is 1.10 bits per heavy atom. The molecular formula is C31H28BrN3O5S. The van der Waals surface area contributed by atoms with Crippen molar-refractivity contribution in [3.05, 3.63) is 113 Å². The van der Waals surface area contributed by atoms with Crippen molar-refractivity contribution in [2.45, 2.75) is 19.9 Å². The largest absolute Gasteiger partial charge is 0.497 e. The van der Waals surface area contributed by atoms with Gasteiger partial charge in [0.25, 0.3) is 11.5 Å². The lowest BCUT2D eigenvalue weighted by Crippen LogP contribution is -2.40. The molecule has 0 spiro atoms. The standard InChI is InChI=1S/C31H28BrN3O5S/c1-5-40-28-23(32)15-19(16-24(28)39-4)17-25-30(37)35-27(20-11-13-22(38-3)14-12-20)26(18(2)33-31(35)41-25)29(36)34-21-9-7-6-8-10-21/h6-17,27H,5H2,1-4H3,(H,34,36)/b25-17+/t27-/m0/s1. The Morgan fingerprint density at radius 2 is 1.83 bits per heavy atom. The predicted octanol–water partition coefficient (Wildman–Crippen LogP) is 5.05. The van der Waals surface area contributed by atoms with E-state index < -0.39 is 6.04 Å². The number of methoxy groups -OCH3 is 2. The predicted molar refractivity (Wildman–Crippen MR) is 164 cm³/mol. The van der Waals surface area contributed by atoms with Gasteiger partial charge in [0, 0.05) is 5.69 Å². The molecular weight excluding hydrogens is 606 g/mol. The van der Waals surface area contributed by atoms with Gasteiger partial charge in [-0.15, -0.1) is 0 Å². The topological polar surface area (TPSA) is 91.2 Å². The Morgan fingerprint density at radius 3 is 2.49 bits per heavy atom. The van der Waals surface area contributed by atoms with E-state index >= 15 is 0 Å². The van der Waals surface area contributed by atoms with Crippen molar-refractivity contribution in [3.63, 3.8) is 0 Å². The third kappa shape index (κ3) is 5.71. The Bertz CT molecular complexity index is 1810. The van der Waals surface area contributed by atoms with E-state index in [-0.39, 0.29) is 11.5 Å². The van der Waals surface area contributed by atoms with Gasteiger partial charge < -0.3 is 19.5 Å². The van der Waals surface area contributed by atoms with Crippen molar-refractivity contribution in [2.75, 3.05) is 26.1 Å². The van der Waals surface area contributed by atoms with Gasteiger partial charge in [0.15, 0.2) is 16.3 Å². The SMILES string of the molecule is CCOc1c(Br)cc(/C=c2/sc3n(c2=O)[C@@H](c2ccc(OC)cc2)C(C(=O)Nc2ccccc2)=C(C)N=3)cc1OC. The summed E-state index contributed by atoms with van der Waals surface area (Å²) in [5.41, 5.74) is 2.84. The number of halogens is 1. The van der Waals surface area contributed by atoms with Crippen molar-refractivity contribution in [1.29, 1.82) is 0 Å². The molecule has 0 saturated heterocycles. The van der Waals surface area contributed by atoms with Crippen molar-refractivity contribution in [3.8, 4) is 17.2 Å². The number of carbonyl (C=O) groups excluding carboxylic acids is 1. The van der Waals surface area contributed by atoms with Gasteiger partial charge in [-0.2, -0.15) is 0 Å². The van der Waals surface area contributed by atoms with Gasteiger partial charge in [-0.1, -0.05) is 41.7 Å². The highest BCUT2D eigenvalue weighted by molar-refractivity contribution is 9.10. The molecule has 0 radical (unpaired) electrons. The van der Waals surface area contributed by atoms with Crippen LogP contribution >= 0.6 is 27.3 Å². The van der Waals surface area contributed by atoms with Crippen LogP contribution in [0.4, 0.5) is 5.69 Å². The number of allylic oxidation sites excluding steroid dienone is 1. The summed E-state index contributed by atoms with van der Waals surface area (Å²) >= 11 is 4.82. The van der Waals surface area contributed by atoms with Gasteiger partial charge in [-0.05, 0) is 83.4 Å². The molecule has 0 bridgehead atoms. The highest BCUT2D eigenvalue weighted by Gasteiger charge is 2.32. The average Bonchev–Trinajstić information content (AvgIpc) is 3.27. The van der Waals surface area contributed by atoms with Crippen molar-refractivity contribution < 1.29 is 19.0 Å². The Balaban J connectivity index is 1.66. The molecule has 1 aromatic heterocycles. The van der Waals surface area contributed by atoms with E-state index in [0.717, 1.165) is 11.1 Å². The number of benzene rings is 3. The van der Waals surface area contributed by atoms with E-state index in [4.69, 9.17) is 19.2 Å². The minimum Gasteiger partial charge on any atom is -0.497 e. The number of nitrogens with one attached hydrogen (secondary N) is 1. The van der Waals surface area contributed by atoms with Crippen LogP contribution in [0.3, 0.4) is 0 Å². The molecule has 0 aliphatic carbocycles. The number of amides is 1. The maximum atomic E-state index is 14.0. The molecule has 1 aliphatic rings. The Labute approximate surface area is 249 Å². The second-order valence-electron chi connectivity index (χ2n) is 9.14. The summed E-state index contributed by atoms with van der Waals surface area (Å²) in [4.78, 5) is 32.9. The van der Waals surface area contributed by atoms with E-state index in [1.54, 1.807) is 31.8 Å². The highest BCUT2D eigenvalue weighted by atomic mass is 79.9. The number of carbonyl (C=O) groups is 1. The van der Waals surface area contributed by atoms with Crippen LogP contribution in [0.1, 0.15) is 31.0 Å². The van der Waals surface area contributed by atoms with Gasteiger partial charge in [0.05, 0.1) is 47.1 Å². The summed E-state index contributed by atoms with van der Waals surface area (Å²) in [5, 5.41) is 2.96. The number of ether oxygens (including phenoxy) is 3. The monoisotopic (exact) mass is 633 g/mol. The summed E-state index contributed by atoms with van der Waals surface area (Å²) in [6, 6.07) is 19.6. The zero-order valence-corrected chi connectivity index (χ0v) is 25.3. The quantitative estimate of drug-likeness (QED) is 0.293. The molecule has 4 aromatic rings. The maximum absolute atomic E-state index is 14.0. The molecule has 0 saturated carbocycles. The molecule has 1 atom stereocenters. The fourth-order valence-electron chi connectivity index (χ4n) is 4.69. The van der Waals surface area contributed by atoms with Crippen molar-refractivity contribution >= 4 is 44.9 Å². The lowest BCUT2D eigenvalue weighted by atomic mass is 9.95. The van der Waals surface area contributed by atoms with Crippen LogP contribution in [0.2, 0.25) is 0 Å². The van der Waals surface area contributed by atoms with E-state index in [1.807, 2.05) is 73.7 Å². The number of aromatic nitrogens is 1. The van der Waals surface area contributed by atoms with Gasteiger partial charge in [-0.25, -0.2) is 4.99 Å². The summed E-state index contributed by atoms with van der Waals surface area (Å²) in [6.45, 7) is 4.18. The lowest BCUT2D eigenvalue weighted by Gasteiger charge is -2.25. The van der Waals surface area contributed by atoms with Crippen LogP contribution in [0.25, 0.3) is 6.08 Å². The molecule has 41 heavy (non-hydrogen) atoms. The van der Waals surface area contributed by atoms with Crippen LogP contribution in [0.15, 0.2) is 92.3 Å². The number of hydrogen-bond acceptors (Lipinski definition) is 7. The number of hydrogen-bond donors (Lipinski definition) is 1. The van der Waals surface area contributed by atoms with Crippen molar-refractivity contribution in [2.24, 2.45) is 4.99 Å². The first-order valence-corrected chi connectivity index (χ1v) is 14.5. The third-order valence-corrected chi connectivity index (χ3v) is 8.14. The number of para-hydroxylation sites is 1. The van der Waals surface area contributed by atoms with Crippen LogP contribution in [0, 0.1) is 0 Å². The average molecular weight is 635 g/mol. The molecule has 3 aromatic carbocycles. The number of anilines is 1. The lowest BCUT2D eigenvalue weighted by molar-refractivity contribution is -0.113. The van der Waals surface area contributed by atoms with Gasteiger partial charge in [-0.3, -0.25) is 14.2 Å². The first-order valence-electron chi connectivity index (χ1n) is 12.9. The summed E-state index contributed by atoms with van der Waals surface area (Å²) in [6.07, 6.45) is 1.79. The smallest absolute Gasteiger partial charge is 0.271 e. The molecule has 2 heterocycles. The van der Waals surface area contributed by atoms with E-state index in [2.05, 4.69) is 21.2 Å². The summed E-state index contributed by atoms with van der Waals surface area (Å²) in [7, 11) is 3.16. The first-order chi connectivity index (χ1) is 19.8. The fourth-order valence-corrected chi connectivity index (χ4v) is 6.31. The molecule has 210 valence electrons. The second-order valence-corrected chi connectivity index (χ2v) is 11.0. The van der Waals surface area contributed by atoms with Crippen molar-refractivity contribution in [1.82, 2.24) is 4.57 Å². The molecule has 8 nitrogen and oxygen atoms in total. The molecule has 10 heteroatoms. The minimum atomic E-state index is -0.690. The molecule has 1 aliphatic heterocycles. The van der Waals surface area contributed by atoms with E-state index in [0.29, 0.717) is 54.6 Å². The van der Waals surface area contributed by atoms with Crippen LogP contribution < -0.4 is 34.4 Å². The third-order valence-electron chi connectivity index (χ3n) is 6.57. The van der Waals surface area contributed by atoms with Gasteiger partial charge in [0.1, 0.15) is 5.75 Å². The maximum Gasteiger partial charge on any atom is 0.271 e. The molecule has 0 unspecified atom stereocenters. The highest BCUT2D eigenvalue weighted by Crippen LogP contribution is 2.37. The zero-order valence-electron chi connectivity index (χ0n) is 22.9. The van der Waals surface area contributed by atoms with Crippen LogP contribution in [0.5, 0.6) is 17.2 Å². The van der Waals surface area contributed by atoms with E-state index in [1.165, 1.54) is 11.3 Å². The molecule has 5 rings (SSSR count). The number of thiazole rings is 1. The number of rotatable bonds is 8. The fraction of sp³-hybridized carbons (Fsp3) is 0.194. The second kappa shape index (κ2) is 12.2. The normalized spacial score (nSPS) is 14.8. The van der Waals surface area contributed by atoms with Crippen LogP contribution in [-0.2, 0) is 4.79 Å². The van der Waals surface area contributed by atoms with Gasteiger partial charge in [0.2, 0.25) is 0 Å². The molecule has 1 N–H and O–H groups in total. The Hall–Kier alpha value is -4.15. The molecule has 1 amide bonds. The summed E-state index contributed by atoms with van der Waals surface area (Å²) < 4.78 is 19.4.